The summed E-state index contributed by atoms with van der Waals surface area (Å²) in [7, 11) is 0. The first-order valence-corrected chi connectivity index (χ1v) is 9.26. The zero-order chi connectivity index (χ0) is 16.1. The lowest BCUT2D eigenvalue weighted by atomic mass is 9.95. The van der Waals surface area contributed by atoms with Crippen LogP contribution in [0.25, 0.3) is 0 Å². The molecule has 0 saturated carbocycles. The number of aromatic nitrogens is 1. The van der Waals surface area contributed by atoms with Crippen molar-refractivity contribution in [3.63, 3.8) is 0 Å². The molecule has 1 aromatic rings. The van der Waals surface area contributed by atoms with E-state index in [0.717, 1.165) is 12.5 Å². The highest BCUT2D eigenvalue weighted by molar-refractivity contribution is 5.05. The molecule has 0 unspecified atom stereocenters. The fourth-order valence-corrected chi connectivity index (χ4v) is 3.99. The predicted octanol–water partition coefficient (Wildman–Crippen LogP) is 3.72. The Hall–Kier alpha value is -1.19. The van der Waals surface area contributed by atoms with Crippen LogP contribution in [-0.2, 0) is 6.54 Å². The fourth-order valence-electron chi connectivity index (χ4n) is 3.99. The van der Waals surface area contributed by atoms with Crippen LogP contribution >= 0.6 is 0 Å². The van der Waals surface area contributed by atoms with Crippen molar-refractivity contribution in [1.82, 2.24) is 14.8 Å². The third-order valence-electron chi connectivity index (χ3n) is 5.49. The van der Waals surface area contributed by atoms with E-state index in [1.807, 2.05) is 12.3 Å². The zero-order valence-electron chi connectivity index (χ0n) is 14.7. The van der Waals surface area contributed by atoms with Gasteiger partial charge < -0.3 is 4.90 Å². The molecule has 1 aromatic heterocycles. The Morgan fingerprint density at radius 3 is 2.96 bits per heavy atom. The van der Waals surface area contributed by atoms with Gasteiger partial charge in [-0.05, 0) is 50.7 Å². The van der Waals surface area contributed by atoms with Crippen molar-refractivity contribution in [2.24, 2.45) is 5.92 Å². The number of hydrogen-bond donors (Lipinski definition) is 0. The largest absolute Gasteiger partial charge is 0.301 e. The van der Waals surface area contributed by atoms with Crippen molar-refractivity contribution in [1.29, 1.82) is 0 Å². The summed E-state index contributed by atoms with van der Waals surface area (Å²) in [5.74, 6) is 0.841. The lowest BCUT2D eigenvalue weighted by Crippen LogP contribution is -2.43. The van der Waals surface area contributed by atoms with E-state index in [0.29, 0.717) is 6.04 Å². The van der Waals surface area contributed by atoms with Crippen molar-refractivity contribution in [3.05, 3.63) is 41.7 Å². The molecule has 23 heavy (non-hydrogen) atoms. The molecule has 0 radical (unpaired) electrons. The Labute approximate surface area is 141 Å². The fraction of sp³-hybridized carbons (Fsp3) is 0.650. The first-order valence-electron chi connectivity index (χ1n) is 9.26. The normalized spacial score (nSPS) is 26.4. The summed E-state index contributed by atoms with van der Waals surface area (Å²) in [6, 6.07) is 6.99. The van der Waals surface area contributed by atoms with E-state index in [4.69, 9.17) is 0 Å². The van der Waals surface area contributed by atoms with E-state index in [-0.39, 0.29) is 0 Å². The van der Waals surface area contributed by atoms with Gasteiger partial charge in [-0.1, -0.05) is 24.6 Å². The molecule has 4 heterocycles. The van der Waals surface area contributed by atoms with Crippen molar-refractivity contribution >= 4 is 0 Å². The summed E-state index contributed by atoms with van der Waals surface area (Å²) in [5.41, 5.74) is 2.74. The number of pyridine rings is 1. The second-order valence-corrected chi connectivity index (χ2v) is 7.30. The lowest BCUT2D eigenvalue weighted by Gasteiger charge is -2.35. The summed E-state index contributed by atoms with van der Waals surface area (Å²) in [6.07, 6.45) is 9.50. The predicted molar refractivity (Wildman–Crippen MR) is 96.3 cm³/mol. The van der Waals surface area contributed by atoms with Crippen molar-refractivity contribution < 1.29 is 0 Å². The van der Waals surface area contributed by atoms with Crippen LogP contribution in [0.3, 0.4) is 0 Å². The molecular weight excluding hydrogens is 282 g/mol. The monoisotopic (exact) mass is 313 g/mol. The average molecular weight is 313 g/mol. The number of nitrogens with zero attached hydrogens (tertiary/aromatic N) is 3. The van der Waals surface area contributed by atoms with Gasteiger partial charge in [0.05, 0.1) is 5.69 Å². The van der Waals surface area contributed by atoms with Gasteiger partial charge in [-0.2, -0.15) is 0 Å². The van der Waals surface area contributed by atoms with E-state index < -0.39 is 0 Å². The SMILES string of the molecule is CC/C(C)=C/CCN1C[C@@H]2CC[C@H](C1)N(Cc1ccccn1)C2. The minimum absolute atomic E-state index is 0.715. The van der Waals surface area contributed by atoms with E-state index >= 15 is 0 Å². The first-order chi connectivity index (χ1) is 11.2. The van der Waals surface area contributed by atoms with Gasteiger partial charge >= 0.3 is 0 Å². The molecule has 3 heteroatoms. The molecule has 3 aliphatic rings. The van der Waals surface area contributed by atoms with Crippen LogP contribution in [0.1, 0.15) is 45.2 Å². The molecule has 3 nitrogen and oxygen atoms in total. The molecule has 3 aliphatic heterocycles. The number of allylic oxidation sites excluding steroid dienone is 1. The first kappa shape index (κ1) is 16.7. The summed E-state index contributed by atoms with van der Waals surface area (Å²) >= 11 is 0. The van der Waals surface area contributed by atoms with Crippen LogP contribution in [0.2, 0.25) is 0 Å². The minimum atomic E-state index is 0.715. The van der Waals surface area contributed by atoms with Gasteiger partial charge in [-0.3, -0.25) is 9.88 Å². The van der Waals surface area contributed by atoms with Crippen LogP contribution < -0.4 is 0 Å². The van der Waals surface area contributed by atoms with Gasteiger partial charge in [-0.25, -0.2) is 0 Å². The molecule has 3 fully saturated rings. The Morgan fingerprint density at radius 1 is 1.26 bits per heavy atom. The average Bonchev–Trinajstić information content (AvgIpc) is 2.86. The smallest absolute Gasteiger partial charge is 0.0544 e. The van der Waals surface area contributed by atoms with E-state index in [1.165, 1.54) is 63.1 Å². The van der Waals surface area contributed by atoms with Crippen LogP contribution in [0.5, 0.6) is 0 Å². The maximum Gasteiger partial charge on any atom is 0.0544 e. The lowest BCUT2D eigenvalue weighted by molar-refractivity contribution is 0.122. The standard InChI is InChI=1S/C20H31N3/c1-3-17(2)7-6-12-22-13-18-9-10-20(16-22)23(14-18)15-19-8-4-5-11-21-19/h4-5,7-8,11,18,20H,3,6,9-10,12-16H2,1-2H3/b17-7+/t18-,20+/m0/s1. The number of piperidine rings is 1. The van der Waals surface area contributed by atoms with Gasteiger partial charge in [0.25, 0.3) is 0 Å². The van der Waals surface area contributed by atoms with Gasteiger partial charge in [-0.15, -0.1) is 0 Å². The quantitative estimate of drug-likeness (QED) is 0.746. The highest BCUT2D eigenvalue weighted by Crippen LogP contribution is 2.29. The Morgan fingerprint density at radius 2 is 2.17 bits per heavy atom. The highest BCUT2D eigenvalue weighted by atomic mass is 15.3. The second kappa shape index (κ2) is 8.07. The number of hydrogen-bond acceptors (Lipinski definition) is 3. The molecule has 0 N–H and O–H groups in total. The third kappa shape index (κ3) is 4.65. The zero-order valence-corrected chi connectivity index (χ0v) is 14.7. The molecule has 0 aromatic carbocycles. The summed E-state index contributed by atoms with van der Waals surface area (Å²) < 4.78 is 0. The van der Waals surface area contributed by atoms with Crippen LogP contribution in [0, 0.1) is 5.92 Å². The molecule has 3 saturated heterocycles. The minimum Gasteiger partial charge on any atom is -0.301 e. The molecule has 0 spiro atoms. The summed E-state index contributed by atoms with van der Waals surface area (Å²) in [6.45, 7) is 10.5. The molecule has 2 bridgehead atoms. The topological polar surface area (TPSA) is 19.4 Å². The molecule has 0 aliphatic carbocycles. The van der Waals surface area contributed by atoms with Gasteiger partial charge in [0, 0.05) is 45.0 Å². The van der Waals surface area contributed by atoms with Crippen molar-refractivity contribution in [3.8, 4) is 0 Å². The van der Waals surface area contributed by atoms with Crippen molar-refractivity contribution in [2.75, 3.05) is 26.2 Å². The summed E-state index contributed by atoms with van der Waals surface area (Å²) in [5, 5.41) is 0. The Balaban J connectivity index is 1.57. The molecule has 126 valence electrons. The molecule has 2 atom stereocenters. The number of fused-ring (bicyclic) bond motifs is 4. The molecular formula is C20H31N3. The molecule has 4 rings (SSSR count). The highest BCUT2D eigenvalue weighted by Gasteiger charge is 2.34. The van der Waals surface area contributed by atoms with E-state index in [2.05, 4.69) is 46.8 Å². The van der Waals surface area contributed by atoms with Crippen molar-refractivity contribution in [2.45, 2.75) is 52.1 Å². The number of rotatable bonds is 6. The van der Waals surface area contributed by atoms with Crippen LogP contribution in [0.4, 0.5) is 0 Å². The maximum absolute atomic E-state index is 4.52. The van der Waals surface area contributed by atoms with Gasteiger partial charge in [0.1, 0.15) is 0 Å². The van der Waals surface area contributed by atoms with Crippen LogP contribution in [-0.4, -0.2) is 47.0 Å². The van der Waals surface area contributed by atoms with E-state index in [1.54, 1.807) is 0 Å². The maximum atomic E-state index is 4.52. The van der Waals surface area contributed by atoms with Crippen LogP contribution in [0.15, 0.2) is 36.0 Å². The molecule has 0 amide bonds. The third-order valence-corrected chi connectivity index (χ3v) is 5.49. The Kier molecular flexibility index (Phi) is 5.85. The van der Waals surface area contributed by atoms with E-state index in [9.17, 15) is 0 Å². The van der Waals surface area contributed by atoms with Gasteiger partial charge in [0.2, 0.25) is 0 Å². The Bertz CT molecular complexity index is 511. The second-order valence-electron chi connectivity index (χ2n) is 7.30. The summed E-state index contributed by atoms with van der Waals surface area (Å²) in [4.78, 5) is 9.91. The van der Waals surface area contributed by atoms with Gasteiger partial charge in [0.15, 0.2) is 0 Å².